The van der Waals surface area contributed by atoms with E-state index in [0.29, 0.717) is 31.1 Å². The normalized spacial score (nSPS) is 16.1. The number of aromatic nitrogens is 3. The summed E-state index contributed by atoms with van der Waals surface area (Å²) in [5, 5.41) is 18.0. The summed E-state index contributed by atoms with van der Waals surface area (Å²) in [4.78, 5) is 16.1. The Kier molecular flexibility index (Phi) is 3.98. The van der Waals surface area contributed by atoms with E-state index in [-0.39, 0.29) is 11.6 Å². The summed E-state index contributed by atoms with van der Waals surface area (Å²) in [7, 11) is 0. The van der Waals surface area contributed by atoms with Gasteiger partial charge < -0.3 is 15.2 Å². The fourth-order valence-electron chi connectivity index (χ4n) is 2.89. The Labute approximate surface area is 128 Å². The minimum absolute atomic E-state index is 0.210. The first kappa shape index (κ1) is 14.8. The molecule has 0 unspecified atom stereocenters. The van der Waals surface area contributed by atoms with Crippen molar-refractivity contribution in [3.05, 3.63) is 17.5 Å². The number of pyridine rings is 1. The van der Waals surface area contributed by atoms with Gasteiger partial charge in [0.1, 0.15) is 5.56 Å². The fourth-order valence-corrected chi connectivity index (χ4v) is 2.89. The third kappa shape index (κ3) is 2.52. The van der Waals surface area contributed by atoms with Crippen LogP contribution < -0.4 is 5.32 Å². The van der Waals surface area contributed by atoms with Crippen molar-refractivity contribution in [3.63, 3.8) is 0 Å². The minimum Gasteiger partial charge on any atom is -0.478 e. The van der Waals surface area contributed by atoms with Gasteiger partial charge in [0.25, 0.3) is 0 Å². The molecule has 0 aromatic carbocycles. The highest BCUT2D eigenvalue weighted by molar-refractivity contribution is 6.04. The smallest absolute Gasteiger partial charge is 0.339 e. The Morgan fingerprint density at radius 3 is 2.86 bits per heavy atom. The molecule has 1 saturated heterocycles. The van der Waals surface area contributed by atoms with E-state index < -0.39 is 5.97 Å². The molecule has 3 heterocycles. The van der Waals surface area contributed by atoms with E-state index in [0.717, 1.165) is 23.9 Å². The van der Waals surface area contributed by atoms with Crippen LogP contribution in [0.5, 0.6) is 0 Å². The van der Waals surface area contributed by atoms with E-state index in [1.165, 1.54) is 0 Å². The second-order valence-corrected chi connectivity index (χ2v) is 5.48. The van der Waals surface area contributed by atoms with Gasteiger partial charge in [0.05, 0.1) is 23.0 Å². The van der Waals surface area contributed by atoms with Crippen molar-refractivity contribution in [2.24, 2.45) is 0 Å². The molecule has 2 aromatic rings. The van der Waals surface area contributed by atoms with Gasteiger partial charge in [0.2, 0.25) is 0 Å². The monoisotopic (exact) mass is 304 g/mol. The van der Waals surface area contributed by atoms with Gasteiger partial charge in [-0.05, 0) is 26.7 Å². The molecule has 1 fully saturated rings. The highest BCUT2D eigenvalue weighted by atomic mass is 16.5. The van der Waals surface area contributed by atoms with Gasteiger partial charge in [0, 0.05) is 25.8 Å². The third-order valence-corrected chi connectivity index (χ3v) is 4.05. The predicted octanol–water partition coefficient (Wildman–Crippen LogP) is 2.05. The van der Waals surface area contributed by atoms with Gasteiger partial charge in [-0.15, -0.1) is 0 Å². The molecule has 0 saturated carbocycles. The average molecular weight is 304 g/mol. The van der Waals surface area contributed by atoms with Crippen molar-refractivity contribution in [1.82, 2.24) is 14.8 Å². The number of aromatic carboxylic acids is 1. The number of hydrogen-bond acceptors (Lipinski definition) is 5. The lowest BCUT2D eigenvalue weighted by molar-refractivity contribution is 0.0696. The van der Waals surface area contributed by atoms with Crippen LogP contribution in [-0.4, -0.2) is 45.1 Å². The predicted molar refractivity (Wildman–Crippen MR) is 82.4 cm³/mol. The van der Waals surface area contributed by atoms with E-state index in [9.17, 15) is 9.90 Å². The summed E-state index contributed by atoms with van der Waals surface area (Å²) >= 11 is 0. The van der Waals surface area contributed by atoms with Gasteiger partial charge in [-0.3, -0.25) is 0 Å². The summed E-state index contributed by atoms with van der Waals surface area (Å²) in [5.41, 5.74) is 2.08. The zero-order valence-electron chi connectivity index (χ0n) is 12.8. The molecule has 7 heteroatoms. The largest absolute Gasteiger partial charge is 0.478 e. The van der Waals surface area contributed by atoms with Crippen LogP contribution in [0.3, 0.4) is 0 Å². The van der Waals surface area contributed by atoms with Crippen molar-refractivity contribution in [2.45, 2.75) is 39.3 Å². The molecule has 2 aromatic heterocycles. The molecule has 0 amide bonds. The first-order valence-electron chi connectivity index (χ1n) is 7.55. The first-order valence-corrected chi connectivity index (χ1v) is 7.55. The summed E-state index contributed by atoms with van der Waals surface area (Å²) in [6, 6.07) is 0.210. The van der Waals surface area contributed by atoms with E-state index in [4.69, 9.17) is 4.74 Å². The molecule has 118 valence electrons. The number of nitrogens with one attached hydrogen (secondary N) is 1. The number of carboxylic acids is 1. The number of carboxylic acid groups (broad SMARTS) is 1. The maximum Gasteiger partial charge on any atom is 0.339 e. The summed E-state index contributed by atoms with van der Waals surface area (Å²) in [6.07, 6.45) is 3.42. The lowest BCUT2D eigenvalue weighted by atomic mass is 10.1. The zero-order chi connectivity index (χ0) is 15.7. The Morgan fingerprint density at radius 2 is 2.23 bits per heavy atom. The number of rotatable bonds is 4. The van der Waals surface area contributed by atoms with Crippen molar-refractivity contribution in [2.75, 3.05) is 18.5 Å². The molecule has 0 spiro atoms. The molecular weight excluding hydrogens is 284 g/mol. The van der Waals surface area contributed by atoms with Gasteiger partial charge in [-0.1, -0.05) is 0 Å². The summed E-state index contributed by atoms with van der Waals surface area (Å²) < 4.78 is 7.14. The molecular formula is C15H20N4O3. The molecule has 0 radical (unpaired) electrons. The Hall–Kier alpha value is -2.15. The summed E-state index contributed by atoms with van der Waals surface area (Å²) in [5.74, 6) is -0.967. The van der Waals surface area contributed by atoms with Crippen molar-refractivity contribution in [3.8, 4) is 0 Å². The highest BCUT2D eigenvalue weighted by Gasteiger charge is 2.23. The van der Waals surface area contributed by atoms with E-state index >= 15 is 0 Å². The number of aryl methyl sites for hydroxylation is 2. The molecule has 0 bridgehead atoms. The number of hydrogen-bond donors (Lipinski definition) is 2. The van der Waals surface area contributed by atoms with Gasteiger partial charge in [0.15, 0.2) is 5.65 Å². The topological polar surface area (TPSA) is 89.3 Å². The van der Waals surface area contributed by atoms with Gasteiger partial charge in [-0.2, -0.15) is 5.10 Å². The lowest BCUT2D eigenvalue weighted by Gasteiger charge is -2.25. The molecule has 2 N–H and O–H groups in total. The lowest BCUT2D eigenvalue weighted by Crippen LogP contribution is -2.29. The van der Waals surface area contributed by atoms with E-state index in [1.54, 1.807) is 17.8 Å². The van der Waals surface area contributed by atoms with Crippen LogP contribution in [0, 0.1) is 6.92 Å². The van der Waals surface area contributed by atoms with Crippen molar-refractivity contribution < 1.29 is 14.6 Å². The fraction of sp³-hybridized carbons (Fsp3) is 0.533. The van der Waals surface area contributed by atoms with Gasteiger partial charge in [-0.25, -0.2) is 14.5 Å². The minimum atomic E-state index is -0.967. The molecule has 0 atom stereocenters. The first-order chi connectivity index (χ1) is 10.6. The molecule has 1 aliphatic heterocycles. The molecule has 22 heavy (non-hydrogen) atoms. The number of fused-ring (bicyclic) bond motifs is 1. The standard InChI is InChI=1S/C15H20N4O3/c1-3-19-14-11(8-16-19)13(12(15(20)21)9(2)17-14)18-10-4-6-22-7-5-10/h8,10H,3-7H2,1-2H3,(H,17,18)(H,20,21). The molecule has 0 aliphatic carbocycles. The van der Waals surface area contributed by atoms with Crippen LogP contribution in [0.1, 0.15) is 35.8 Å². The van der Waals surface area contributed by atoms with E-state index in [2.05, 4.69) is 15.4 Å². The number of carbonyl (C=O) groups is 1. The second kappa shape index (κ2) is 5.92. The number of anilines is 1. The average Bonchev–Trinajstić information content (AvgIpc) is 2.90. The number of ether oxygens (including phenoxy) is 1. The SMILES string of the molecule is CCn1ncc2c(NC3CCOCC3)c(C(=O)O)c(C)nc21. The zero-order valence-corrected chi connectivity index (χ0v) is 12.8. The Balaban J connectivity index is 2.12. The van der Waals surface area contributed by atoms with Crippen LogP contribution in [0.4, 0.5) is 5.69 Å². The van der Waals surface area contributed by atoms with Crippen LogP contribution in [-0.2, 0) is 11.3 Å². The maximum atomic E-state index is 11.7. The van der Waals surface area contributed by atoms with Crippen LogP contribution in [0.2, 0.25) is 0 Å². The Bertz CT molecular complexity index is 704. The number of nitrogens with zero attached hydrogens (tertiary/aromatic N) is 3. The maximum absolute atomic E-state index is 11.7. The second-order valence-electron chi connectivity index (χ2n) is 5.48. The highest BCUT2D eigenvalue weighted by Crippen LogP contribution is 2.30. The van der Waals surface area contributed by atoms with Crippen molar-refractivity contribution >= 4 is 22.7 Å². The van der Waals surface area contributed by atoms with Crippen LogP contribution in [0.25, 0.3) is 11.0 Å². The molecule has 1 aliphatic rings. The summed E-state index contributed by atoms with van der Waals surface area (Å²) in [6.45, 7) is 5.80. The molecule has 3 rings (SSSR count). The van der Waals surface area contributed by atoms with E-state index in [1.807, 2.05) is 6.92 Å². The Morgan fingerprint density at radius 1 is 1.50 bits per heavy atom. The van der Waals surface area contributed by atoms with Crippen molar-refractivity contribution in [1.29, 1.82) is 0 Å². The quantitative estimate of drug-likeness (QED) is 0.898. The van der Waals surface area contributed by atoms with Gasteiger partial charge >= 0.3 is 5.97 Å². The van der Waals surface area contributed by atoms with Crippen LogP contribution >= 0.6 is 0 Å². The third-order valence-electron chi connectivity index (χ3n) is 4.05. The van der Waals surface area contributed by atoms with Crippen LogP contribution in [0.15, 0.2) is 6.20 Å². The molecule has 7 nitrogen and oxygen atoms in total.